The summed E-state index contributed by atoms with van der Waals surface area (Å²) in [7, 11) is -3.79. The number of benzene rings is 3. The second-order valence-corrected chi connectivity index (χ2v) is 12.8. The molecule has 3 aromatic carbocycles. The van der Waals surface area contributed by atoms with Crippen molar-refractivity contribution in [1.82, 2.24) is 10.3 Å². The predicted molar refractivity (Wildman–Crippen MR) is 177 cm³/mol. The van der Waals surface area contributed by atoms with Gasteiger partial charge >= 0.3 is 0 Å². The summed E-state index contributed by atoms with van der Waals surface area (Å²) in [5.41, 5.74) is 1.63. The first-order valence-corrected chi connectivity index (χ1v) is 17.5. The lowest BCUT2D eigenvalue weighted by Crippen LogP contribution is -2.30. The van der Waals surface area contributed by atoms with Crippen LogP contribution in [0.15, 0.2) is 71.6 Å². The van der Waals surface area contributed by atoms with Gasteiger partial charge in [0.15, 0.2) is 6.61 Å². The Balaban J connectivity index is 0.907. The number of nitrogens with one attached hydrogen (secondary N) is 1. The second kappa shape index (κ2) is 20.0. The van der Waals surface area contributed by atoms with E-state index >= 15 is 0 Å². The Bertz CT molecular complexity index is 1650. The van der Waals surface area contributed by atoms with E-state index in [0.29, 0.717) is 86.1 Å². The fraction of sp³-hybridized carbons (Fsp3) is 0.394. The molecular formula is C33H39FN2O10S2. The third-order valence-electron chi connectivity index (χ3n) is 6.41. The summed E-state index contributed by atoms with van der Waals surface area (Å²) in [4.78, 5) is 16.5. The van der Waals surface area contributed by atoms with E-state index in [-0.39, 0.29) is 36.4 Å². The Morgan fingerprint density at radius 3 is 2.06 bits per heavy atom. The molecule has 1 heterocycles. The fourth-order valence-corrected chi connectivity index (χ4v) is 5.72. The van der Waals surface area contributed by atoms with Gasteiger partial charge in [-0.05, 0) is 67.9 Å². The smallest absolute Gasteiger partial charge is 0.297 e. The van der Waals surface area contributed by atoms with Gasteiger partial charge in [-0.1, -0.05) is 29.0 Å². The fourth-order valence-electron chi connectivity index (χ4n) is 3.97. The number of aryl methyl sites for hydroxylation is 1. The average Bonchev–Trinajstić information content (AvgIpc) is 3.47. The monoisotopic (exact) mass is 706 g/mol. The zero-order chi connectivity index (χ0) is 34.0. The van der Waals surface area contributed by atoms with Gasteiger partial charge in [-0.3, -0.25) is 8.98 Å². The SMILES string of the molecule is Cc1ccc(S(=O)(=O)OCCOCCOCCOCCOCCCNC(=O)COc2ccc(Oc3nc4ccc(F)cc4s3)cc2)cc1. The molecule has 1 amide bonds. The molecule has 0 aliphatic carbocycles. The number of fused-ring (bicyclic) bond motifs is 1. The van der Waals surface area contributed by atoms with Crippen molar-refractivity contribution in [3.8, 4) is 16.7 Å². The Kier molecular flexibility index (Phi) is 15.4. The van der Waals surface area contributed by atoms with Crippen molar-refractivity contribution < 1.29 is 50.2 Å². The predicted octanol–water partition coefficient (Wildman–Crippen LogP) is 4.89. The quantitative estimate of drug-likeness (QED) is 0.0833. The minimum atomic E-state index is -3.79. The van der Waals surface area contributed by atoms with Crippen molar-refractivity contribution in [3.63, 3.8) is 0 Å². The highest BCUT2D eigenvalue weighted by atomic mass is 32.2. The molecule has 0 aliphatic rings. The Morgan fingerprint density at radius 2 is 1.40 bits per heavy atom. The van der Waals surface area contributed by atoms with E-state index < -0.39 is 10.1 Å². The molecular weight excluding hydrogens is 667 g/mol. The van der Waals surface area contributed by atoms with E-state index in [1.165, 1.54) is 35.6 Å². The first-order valence-electron chi connectivity index (χ1n) is 15.3. The van der Waals surface area contributed by atoms with E-state index in [1.807, 2.05) is 6.92 Å². The normalized spacial score (nSPS) is 11.5. The van der Waals surface area contributed by atoms with E-state index in [4.69, 9.17) is 32.6 Å². The number of ether oxygens (including phenoxy) is 6. The minimum absolute atomic E-state index is 0.0767. The summed E-state index contributed by atoms with van der Waals surface area (Å²) >= 11 is 1.25. The maximum absolute atomic E-state index is 13.4. The molecule has 0 saturated carbocycles. The average molecular weight is 707 g/mol. The van der Waals surface area contributed by atoms with Crippen molar-refractivity contribution in [2.45, 2.75) is 18.2 Å². The summed E-state index contributed by atoms with van der Waals surface area (Å²) < 4.78 is 76.2. The molecule has 1 aromatic heterocycles. The number of carbonyl (C=O) groups is 1. The Hall–Kier alpha value is -3.70. The van der Waals surface area contributed by atoms with Crippen LogP contribution in [0.3, 0.4) is 0 Å². The van der Waals surface area contributed by atoms with Crippen LogP contribution in [0, 0.1) is 12.7 Å². The third-order valence-corrected chi connectivity index (χ3v) is 8.63. The maximum Gasteiger partial charge on any atom is 0.297 e. The zero-order valence-corrected chi connectivity index (χ0v) is 28.2. The standard InChI is InChI=1S/C33H39FN2O10S2/c1-25-3-10-29(11-4-25)48(38,39)45-22-21-43-20-19-42-18-17-41-16-15-40-14-2-13-35-32(37)24-44-27-6-8-28(9-7-27)46-33-36-30-12-5-26(34)23-31(30)47-33/h3-12,23H,2,13-22,24H2,1H3,(H,35,37). The molecule has 260 valence electrons. The van der Waals surface area contributed by atoms with Crippen LogP contribution in [0.4, 0.5) is 4.39 Å². The molecule has 0 spiro atoms. The summed E-state index contributed by atoms with van der Waals surface area (Å²) in [6.07, 6.45) is 0.641. The number of rotatable bonds is 23. The number of halogens is 1. The highest BCUT2D eigenvalue weighted by molar-refractivity contribution is 7.86. The molecule has 15 heteroatoms. The van der Waals surface area contributed by atoms with Crippen molar-refractivity contribution >= 4 is 37.6 Å². The highest BCUT2D eigenvalue weighted by Crippen LogP contribution is 2.32. The number of hydrogen-bond acceptors (Lipinski definition) is 12. The number of hydrogen-bond donors (Lipinski definition) is 1. The summed E-state index contributed by atoms with van der Waals surface area (Å²) in [6, 6.07) is 17.6. The van der Waals surface area contributed by atoms with Crippen molar-refractivity contribution in [1.29, 1.82) is 0 Å². The summed E-state index contributed by atoms with van der Waals surface area (Å²) in [6.45, 7) is 5.00. The van der Waals surface area contributed by atoms with Gasteiger partial charge in [0.05, 0.1) is 68.0 Å². The van der Waals surface area contributed by atoms with Crippen LogP contribution >= 0.6 is 11.3 Å². The number of nitrogens with zero attached hydrogens (tertiary/aromatic N) is 1. The zero-order valence-electron chi connectivity index (χ0n) is 26.6. The lowest BCUT2D eigenvalue weighted by molar-refractivity contribution is -0.123. The van der Waals surface area contributed by atoms with E-state index in [0.717, 1.165) is 5.56 Å². The van der Waals surface area contributed by atoms with Crippen LogP contribution in [0.25, 0.3) is 10.2 Å². The first kappa shape index (κ1) is 37.1. The second-order valence-electron chi connectivity index (χ2n) is 10.2. The third kappa shape index (κ3) is 13.4. The van der Waals surface area contributed by atoms with Crippen LogP contribution in [-0.4, -0.2) is 91.9 Å². The van der Waals surface area contributed by atoms with Crippen LogP contribution < -0.4 is 14.8 Å². The summed E-state index contributed by atoms with van der Waals surface area (Å²) in [5.74, 6) is 0.490. The number of carbonyl (C=O) groups excluding carboxylic acids is 1. The van der Waals surface area contributed by atoms with Gasteiger partial charge in [0, 0.05) is 13.2 Å². The van der Waals surface area contributed by atoms with E-state index in [2.05, 4.69) is 10.3 Å². The van der Waals surface area contributed by atoms with Crippen LogP contribution in [0.1, 0.15) is 12.0 Å². The molecule has 0 fully saturated rings. The molecule has 0 saturated heterocycles. The number of thiazole rings is 1. The molecule has 12 nitrogen and oxygen atoms in total. The maximum atomic E-state index is 13.4. The Labute approximate surface area is 283 Å². The van der Waals surface area contributed by atoms with Crippen LogP contribution in [0.2, 0.25) is 0 Å². The lowest BCUT2D eigenvalue weighted by atomic mass is 10.2. The molecule has 0 radical (unpaired) electrons. The molecule has 4 rings (SSSR count). The van der Waals surface area contributed by atoms with Gasteiger partial charge in [0.25, 0.3) is 21.2 Å². The van der Waals surface area contributed by atoms with Gasteiger partial charge in [-0.25, -0.2) is 9.37 Å². The molecule has 4 aromatic rings. The minimum Gasteiger partial charge on any atom is -0.484 e. The lowest BCUT2D eigenvalue weighted by Gasteiger charge is -2.09. The highest BCUT2D eigenvalue weighted by Gasteiger charge is 2.14. The van der Waals surface area contributed by atoms with Gasteiger partial charge in [0.1, 0.15) is 17.3 Å². The van der Waals surface area contributed by atoms with E-state index in [1.54, 1.807) is 42.5 Å². The van der Waals surface area contributed by atoms with Crippen LogP contribution in [-0.2, 0) is 38.0 Å². The number of amides is 1. The van der Waals surface area contributed by atoms with Crippen molar-refractivity contribution in [2.75, 3.05) is 72.6 Å². The van der Waals surface area contributed by atoms with Gasteiger partial charge in [-0.15, -0.1) is 0 Å². The Morgan fingerprint density at radius 1 is 0.792 bits per heavy atom. The van der Waals surface area contributed by atoms with Gasteiger partial charge in [-0.2, -0.15) is 8.42 Å². The summed E-state index contributed by atoms with van der Waals surface area (Å²) in [5, 5.41) is 3.19. The molecule has 0 bridgehead atoms. The molecule has 0 aliphatic heterocycles. The van der Waals surface area contributed by atoms with Gasteiger partial charge < -0.3 is 33.7 Å². The number of aromatic nitrogens is 1. The first-order chi connectivity index (χ1) is 23.3. The van der Waals surface area contributed by atoms with Crippen molar-refractivity contribution in [3.05, 3.63) is 78.1 Å². The van der Waals surface area contributed by atoms with Crippen LogP contribution in [0.5, 0.6) is 16.7 Å². The largest absolute Gasteiger partial charge is 0.484 e. The molecule has 1 N–H and O–H groups in total. The molecule has 48 heavy (non-hydrogen) atoms. The van der Waals surface area contributed by atoms with E-state index in [9.17, 15) is 17.6 Å². The van der Waals surface area contributed by atoms with Crippen molar-refractivity contribution in [2.24, 2.45) is 0 Å². The molecule has 0 atom stereocenters. The topological polar surface area (TPSA) is 141 Å². The van der Waals surface area contributed by atoms with Gasteiger partial charge in [0.2, 0.25) is 0 Å². The molecule has 0 unspecified atom stereocenters.